The Kier molecular flexibility index (Phi) is 6.98. The van der Waals surface area contributed by atoms with Crippen molar-refractivity contribution in [1.82, 2.24) is 10.3 Å². The molecule has 1 aromatic heterocycles. The van der Waals surface area contributed by atoms with E-state index < -0.39 is 12.0 Å². The lowest BCUT2D eigenvalue weighted by atomic mass is 10.1. The third kappa shape index (κ3) is 5.20. The van der Waals surface area contributed by atoms with Crippen LogP contribution in [-0.4, -0.2) is 41.8 Å². The highest BCUT2D eigenvalue weighted by Crippen LogP contribution is 2.25. The van der Waals surface area contributed by atoms with Crippen LogP contribution in [0.5, 0.6) is 0 Å². The monoisotopic (exact) mass is 414 g/mol. The van der Waals surface area contributed by atoms with Crippen molar-refractivity contribution in [2.24, 2.45) is 5.10 Å². The van der Waals surface area contributed by atoms with Crippen molar-refractivity contribution in [1.29, 1.82) is 0 Å². The quantitative estimate of drug-likeness (QED) is 0.671. The maximum absolute atomic E-state index is 12.9. The van der Waals surface area contributed by atoms with E-state index in [2.05, 4.69) is 29.2 Å². The Hall–Kier alpha value is -2.74. The van der Waals surface area contributed by atoms with Crippen molar-refractivity contribution < 1.29 is 14.3 Å². The van der Waals surface area contributed by atoms with Crippen LogP contribution in [0.1, 0.15) is 43.8 Å². The van der Waals surface area contributed by atoms with Crippen molar-refractivity contribution in [3.8, 4) is 0 Å². The van der Waals surface area contributed by atoms with Crippen LogP contribution in [0.3, 0.4) is 0 Å². The number of thiazole rings is 1. The molecule has 8 heteroatoms. The number of anilines is 1. The van der Waals surface area contributed by atoms with E-state index in [4.69, 9.17) is 4.74 Å². The molecule has 1 aliphatic heterocycles. The Morgan fingerprint density at radius 1 is 1.31 bits per heavy atom. The number of hydrogen-bond donors (Lipinski definition) is 1. The Labute approximate surface area is 174 Å². The van der Waals surface area contributed by atoms with Crippen molar-refractivity contribution in [3.63, 3.8) is 0 Å². The van der Waals surface area contributed by atoms with Gasteiger partial charge >= 0.3 is 5.97 Å². The molecule has 0 saturated heterocycles. The molecule has 1 aromatic carbocycles. The molecule has 0 radical (unpaired) electrons. The molecule has 1 amide bonds. The molecule has 2 heterocycles. The van der Waals surface area contributed by atoms with Crippen molar-refractivity contribution >= 4 is 34.6 Å². The highest BCUT2D eigenvalue weighted by molar-refractivity contribution is 7.09. The first-order valence-corrected chi connectivity index (χ1v) is 10.7. The minimum atomic E-state index is -0.585. The first-order valence-electron chi connectivity index (χ1n) is 9.80. The molecule has 1 N–H and O–H groups in total. The Bertz CT molecular complexity index is 879. The van der Waals surface area contributed by atoms with Crippen LogP contribution < -0.4 is 10.3 Å². The number of nitrogens with zero attached hydrogens (tertiary/aromatic N) is 3. The summed E-state index contributed by atoms with van der Waals surface area (Å²) in [6.07, 6.45) is 0.881. The summed E-state index contributed by atoms with van der Waals surface area (Å²) in [5.74, 6) is -0.247. The van der Waals surface area contributed by atoms with Crippen molar-refractivity contribution in [2.45, 2.75) is 45.6 Å². The van der Waals surface area contributed by atoms with Crippen molar-refractivity contribution in [2.75, 3.05) is 18.2 Å². The van der Waals surface area contributed by atoms with Crippen LogP contribution in [0.15, 0.2) is 40.8 Å². The number of amides is 1. The number of esters is 1. The molecule has 1 aliphatic rings. The van der Waals surface area contributed by atoms with Crippen LogP contribution in [0, 0.1) is 0 Å². The Balaban J connectivity index is 1.64. The number of ether oxygens (including phenoxy) is 1. The minimum Gasteiger partial charge on any atom is -0.461 e. The summed E-state index contributed by atoms with van der Waals surface area (Å²) >= 11 is 1.65. The van der Waals surface area contributed by atoms with E-state index in [0.717, 1.165) is 16.4 Å². The molecule has 0 fully saturated rings. The maximum atomic E-state index is 12.9. The predicted molar refractivity (Wildman–Crippen MR) is 114 cm³/mol. The first-order chi connectivity index (χ1) is 14.0. The standard InChI is InChI=1S/C21H26N4O3S/c1-4-28-21(27)17-12-18(25(24-17)16-8-6-5-7-9-16)19(26)22-11-10-15-13-29-20(23-15)14(2)3/h5-9,13-14,18H,4,10-12H2,1-3H3,(H,22,26). The smallest absolute Gasteiger partial charge is 0.354 e. The van der Waals surface area contributed by atoms with Gasteiger partial charge in [-0.05, 0) is 19.1 Å². The second-order valence-electron chi connectivity index (χ2n) is 7.04. The molecule has 2 aromatic rings. The third-order valence-electron chi connectivity index (χ3n) is 4.49. The fourth-order valence-corrected chi connectivity index (χ4v) is 3.87. The van der Waals surface area contributed by atoms with Gasteiger partial charge in [0.2, 0.25) is 5.91 Å². The fourth-order valence-electron chi connectivity index (χ4n) is 3.01. The lowest BCUT2D eigenvalue weighted by Crippen LogP contribution is -2.43. The lowest BCUT2D eigenvalue weighted by Gasteiger charge is -2.22. The summed E-state index contributed by atoms with van der Waals surface area (Å²) < 4.78 is 5.06. The number of carbonyl (C=O) groups is 2. The molecule has 0 spiro atoms. The van der Waals surface area contributed by atoms with E-state index in [1.165, 1.54) is 0 Å². The summed E-state index contributed by atoms with van der Waals surface area (Å²) in [6, 6.07) is 8.77. The highest BCUT2D eigenvalue weighted by Gasteiger charge is 2.36. The molecule has 0 aliphatic carbocycles. The summed E-state index contributed by atoms with van der Waals surface area (Å²) in [5, 5.41) is 12.1. The van der Waals surface area contributed by atoms with Gasteiger partial charge in [-0.1, -0.05) is 32.0 Å². The Morgan fingerprint density at radius 3 is 2.72 bits per heavy atom. The van der Waals surface area contributed by atoms with Gasteiger partial charge in [-0.3, -0.25) is 9.80 Å². The molecule has 1 unspecified atom stereocenters. The highest BCUT2D eigenvalue weighted by atomic mass is 32.1. The van der Waals surface area contributed by atoms with Gasteiger partial charge in [0.05, 0.1) is 23.0 Å². The molecule has 29 heavy (non-hydrogen) atoms. The molecule has 7 nitrogen and oxygen atoms in total. The summed E-state index contributed by atoms with van der Waals surface area (Å²) in [5.41, 5.74) is 2.00. The zero-order chi connectivity index (χ0) is 20.8. The molecule has 3 rings (SSSR count). The zero-order valence-electron chi connectivity index (χ0n) is 16.9. The van der Waals surface area contributed by atoms with E-state index in [0.29, 0.717) is 18.9 Å². The summed E-state index contributed by atoms with van der Waals surface area (Å²) in [6.45, 7) is 6.73. The average Bonchev–Trinajstić information content (AvgIpc) is 3.36. The summed E-state index contributed by atoms with van der Waals surface area (Å²) in [7, 11) is 0. The number of hydrogen-bond acceptors (Lipinski definition) is 7. The number of benzene rings is 1. The van der Waals surface area contributed by atoms with E-state index >= 15 is 0 Å². The topological polar surface area (TPSA) is 83.9 Å². The van der Waals surface area contributed by atoms with Gasteiger partial charge in [0.15, 0.2) is 0 Å². The van der Waals surface area contributed by atoms with E-state index in [1.54, 1.807) is 23.3 Å². The largest absolute Gasteiger partial charge is 0.461 e. The van der Waals surface area contributed by atoms with Gasteiger partial charge in [0.25, 0.3) is 0 Å². The molecule has 154 valence electrons. The van der Waals surface area contributed by atoms with Gasteiger partial charge in [0, 0.05) is 30.7 Å². The number of carbonyl (C=O) groups excluding carboxylic acids is 2. The van der Waals surface area contributed by atoms with Gasteiger partial charge in [-0.15, -0.1) is 11.3 Å². The second kappa shape index (κ2) is 9.65. The molecule has 0 bridgehead atoms. The van der Waals surface area contributed by atoms with Crippen LogP contribution in [0.2, 0.25) is 0 Å². The van der Waals surface area contributed by atoms with Crippen LogP contribution in [0.25, 0.3) is 0 Å². The Morgan fingerprint density at radius 2 is 2.07 bits per heavy atom. The number of hydrazone groups is 1. The molecular formula is C21H26N4O3S. The van der Waals surface area contributed by atoms with Crippen LogP contribution in [0.4, 0.5) is 5.69 Å². The first kappa shape index (κ1) is 21.0. The number of aromatic nitrogens is 1. The molecular weight excluding hydrogens is 388 g/mol. The number of nitrogens with one attached hydrogen (secondary N) is 1. The van der Waals surface area contributed by atoms with E-state index in [-0.39, 0.29) is 24.6 Å². The predicted octanol–water partition coefficient (Wildman–Crippen LogP) is 3.12. The summed E-state index contributed by atoms with van der Waals surface area (Å²) in [4.78, 5) is 29.6. The van der Waals surface area contributed by atoms with E-state index in [9.17, 15) is 9.59 Å². The minimum absolute atomic E-state index is 0.170. The maximum Gasteiger partial charge on any atom is 0.354 e. The lowest BCUT2D eigenvalue weighted by molar-refractivity contribution is -0.135. The van der Waals surface area contributed by atoms with E-state index in [1.807, 2.05) is 35.7 Å². The SMILES string of the molecule is CCOC(=O)C1=NN(c2ccccc2)C(C(=O)NCCc2csc(C(C)C)n2)C1. The van der Waals surface area contributed by atoms with Crippen molar-refractivity contribution in [3.05, 3.63) is 46.4 Å². The zero-order valence-corrected chi connectivity index (χ0v) is 17.7. The molecule has 0 saturated carbocycles. The number of rotatable bonds is 8. The molecule has 1 atom stereocenters. The third-order valence-corrected chi connectivity index (χ3v) is 5.68. The van der Waals surface area contributed by atoms with Gasteiger partial charge in [-0.25, -0.2) is 9.78 Å². The van der Waals surface area contributed by atoms with Gasteiger partial charge in [0.1, 0.15) is 11.8 Å². The van der Waals surface area contributed by atoms with Crippen LogP contribution >= 0.6 is 11.3 Å². The average molecular weight is 415 g/mol. The van der Waals surface area contributed by atoms with Gasteiger partial charge < -0.3 is 10.1 Å². The fraction of sp³-hybridized carbons (Fsp3) is 0.429. The number of para-hydroxylation sites is 1. The normalized spacial score (nSPS) is 16.1. The van der Waals surface area contributed by atoms with Crippen LogP contribution in [-0.2, 0) is 20.7 Å². The second-order valence-corrected chi connectivity index (χ2v) is 7.93. The van der Waals surface area contributed by atoms with Gasteiger partial charge in [-0.2, -0.15) is 5.10 Å².